The van der Waals surface area contributed by atoms with Crippen molar-refractivity contribution in [2.24, 2.45) is 0 Å². The first-order valence-corrected chi connectivity index (χ1v) is 6.31. The van der Waals surface area contributed by atoms with Crippen LogP contribution in [-0.4, -0.2) is 51.5 Å². The van der Waals surface area contributed by atoms with Crippen LogP contribution in [0.25, 0.3) is 0 Å². The molecule has 5 nitrogen and oxygen atoms in total. The van der Waals surface area contributed by atoms with Crippen LogP contribution in [0.4, 0.5) is 0 Å². The average Bonchev–Trinajstić information content (AvgIpc) is 2.03. The van der Waals surface area contributed by atoms with E-state index in [4.69, 9.17) is 11.6 Å². The molecule has 0 bridgehead atoms. The van der Waals surface area contributed by atoms with Crippen molar-refractivity contribution >= 4 is 27.5 Å². The predicted molar refractivity (Wildman–Crippen MR) is 55.8 cm³/mol. The second-order valence-corrected chi connectivity index (χ2v) is 5.24. The molecule has 84 valence electrons. The summed E-state index contributed by atoms with van der Waals surface area (Å²) < 4.78 is 24.4. The molecule has 0 rings (SSSR count). The maximum Gasteiger partial charge on any atom is 0.223 e. The second-order valence-electron chi connectivity index (χ2n) is 2.94. The number of halogens is 1. The van der Waals surface area contributed by atoms with Gasteiger partial charge in [-0.2, -0.15) is 0 Å². The minimum Gasteiger partial charge on any atom is -0.349 e. The molecule has 0 heterocycles. The lowest BCUT2D eigenvalue weighted by Crippen LogP contribution is -2.31. The van der Waals surface area contributed by atoms with Crippen LogP contribution in [0, 0.1) is 0 Å². The fourth-order valence-corrected chi connectivity index (χ4v) is 2.08. The molecule has 0 spiro atoms. The number of carbonyl (C=O) groups is 1. The van der Waals surface area contributed by atoms with Crippen molar-refractivity contribution in [3.05, 3.63) is 0 Å². The first kappa shape index (κ1) is 13.7. The normalized spacial score (nSPS) is 11.4. The number of sulfonamides is 1. The van der Waals surface area contributed by atoms with Crippen LogP contribution in [0.15, 0.2) is 0 Å². The van der Waals surface area contributed by atoms with Gasteiger partial charge < -0.3 is 4.90 Å². The fraction of sp³-hybridized carbons (Fsp3) is 0.857. The van der Waals surface area contributed by atoms with Crippen molar-refractivity contribution < 1.29 is 13.2 Å². The minimum absolute atomic E-state index is 0.0525. The van der Waals surface area contributed by atoms with E-state index < -0.39 is 10.0 Å². The zero-order valence-corrected chi connectivity index (χ0v) is 9.86. The molecule has 0 aromatic carbocycles. The molecule has 0 aromatic rings. The Balaban J connectivity index is 3.80. The Kier molecular flexibility index (Phi) is 6.06. The van der Waals surface area contributed by atoms with Gasteiger partial charge in [-0.15, -0.1) is 11.6 Å². The van der Waals surface area contributed by atoms with E-state index in [0.717, 1.165) is 0 Å². The van der Waals surface area contributed by atoms with Crippen molar-refractivity contribution in [1.82, 2.24) is 9.62 Å². The van der Waals surface area contributed by atoms with E-state index in [1.807, 2.05) is 0 Å². The van der Waals surface area contributed by atoms with Gasteiger partial charge in [0.15, 0.2) is 0 Å². The van der Waals surface area contributed by atoms with Crippen LogP contribution in [0.1, 0.15) is 6.42 Å². The Morgan fingerprint density at radius 2 is 2.00 bits per heavy atom. The minimum atomic E-state index is -3.31. The van der Waals surface area contributed by atoms with Crippen molar-refractivity contribution in [1.29, 1.82) is 0 Å². The van der Waals surface area contributed by atoms with E-state index in [2.05, 4.69) is 4.72 Å². The van der Waals surface area contributed by atoms with Crippen LogP contribution in [0.2, 0.25) is 0 Å². The average molecular weight is 243 g/mol. The number of nitrogens with zero attached hydrogens (tertiary/aromatic N) is 1. The van der Waals surface area contributed by atoms with Crippen molar-refractivity contribution in [3.8, 4) is 0 Å². The summed E-state index contributed by atoms with van der Waals surface area (Å²) >= 11 is 5.28. The summed E-state index contributed by atoms with van der Waals surface area (Å²) in [4.78, 5) is 12.5. The molecule has 14 heavy (non-hydrogen) atoms. The molecule has 0 radical (unpaired) electrons. The molecular weight excluding hydrogens is 228 g/mol. The van der Waals surface area contributed by atoms with Crippen molar-refractivity contribution in [2.45, 2.75) is 6.42 Å². The highest BCUT2D eigenvalue weighted by Gasteiger charge is 2.10. The largest absolute Gasteiger partial charge is 0.349 e. The highest BCUT2D eigenvalue weighted by atomic mass is 35.5. The molecule has 0 saturated carbocycles. The molecule has 1 N–H and O–H groups in total. The quantitative estimate of drug-likeness (QED) is 0.646. The van der Waals surface area contributed by atoms with Gasteiger partial charge in [0.2, 0.25) is 15.9 Å². The number of nitrogens with one attached hydrogen (secondary N) is 1. The maximum absolute atomic E-state index is 11.1. The van der Waals surface area contributed by atoms with E-state index in [-0.39, 0.29) is 30.5 Å². The van der Waals surface area contributed by atoms with Gasteiger partial charge in [0.1, 0.15) is 0 Å². The lowest BCUT2D eigenvalue weighted by atomic mass is 10.4. The molecule has 0 saturated heterocycles. The maximum atomic E-state index is 11.1. The lowest BCUT2D eigenvalue weighted by molar-refractivity contribution is -0.128. The summed E-state index contributed by atoms with van der Waals surface area (Å²) in [6.45, 7) is 0.121. The molecule has 1 amide bonds. The third-order valence-electron chi connectivity index (χ3n) is 1.51. The number of rotatable bonds is 6. The molecule has 0 atom stereocenters. The van der Waals surface area contributed by atoms with Gasteiger partial charge in [-0.25, -0.2) is 13.1 Å². The highest BCUT2D eigenvalue weighted by molar-refractivity contribution is 7.89. The van der Waals surface area contributed by atoms with Gasteiger partial charge in [-0.1, -0.05) is 0 Å². The van der Waals surface area contributed by atoms with Gasteiger partial charge in [0, 0.05) is 32.9 Å². The molecular formula is C7H15ClN2O3S. The van der Waals surface area contributed by atoms with E-state index in [1.165, 1.54) is 4.90 Å². The van der Waals surface area contributed by atoms with Gasteiger partial charge in [-0.05, 0) is 0 Å². The Bertz CT molecular complexity index is 277. The molecule has 0 aliphatic rings. The van der Waals surface area contributed by atoms with Crippen LogP contribution >= 0.6 is 11.6 Å². The Hall–Kier alpha value is -0.330. The molecule has 0 unspecified atom stereocenters. The first-order valence-electron chi connectivity index (χ1n) is 4.12. The summed E-state index contributed by atoms with van der Waals surface area (Å²) in [6.07, 6.45) is 0.161. The summed E-state index contributed by atoms with van der Waals surface area (Å²) in [6, 6.07) is 0. The van der Waals surface area contributed by atoms with Gasteiger partial charge >= 0.3 is 0 Å². The summed E-state index contributed by atoms with van der Waals surface area (Å²) in [5.41, 5.74) is 0. The van der Waals surface area contributed by atoms with Crippen LogP contribution in [-0.2, 0) is 14.8 Å². The van der Waals surface area contributed by atoms with E-state index >= 15 is 0 Å². The van der Waals surface area contributed by atoms with Crippen LogP contribution in [0.5, 0.6) is 0 Å². The third-order valence-corrected chi connectivity index (χ3v) is 3.30. The van der Waals surface area contributed by atoms with Crippen LogP contribution < -0.4 is 4.72 Å². The molecule has 0 aliphatic heterocycles. The number of carbonyl (C=O) groups excluding carboxylic acids is 1. The number of hydrogen-bond donors (Lipinski definition) is 1. The number of amides is 1. The van der Waals surface area contributed by atoms with Crippen molar-refractivity contribution in [3.63, 3.8) is 0 Å². The molecule has 0 aliphatic carbocycles. The fourth-order valence-electron chi connectivity index (χ4n) is 0.711. The SMILES string of the molecule is CN(C)C(=O)CCNS(=O)(=O)CCCl. The smallest absolute Gasteiger partial charge is 0.223 e. The third kappa shape index (κ3) is 6.17. The topological polar surface area (TPSA) is 66.5 Å². The molecule has 0 fully saturated rings. The second kappa shape index (κ2) is 6.21. The summed E-state index contributed by atoms with van der Waals surface area (Å²) in [5, 5.41) is 0. The van der Waals surface area contributed by atoms with Gasteiger partial charge in [0.05, 0.1) is 5.75 Å². The Morgan fingerprint density at radius 3 is 2.43 bits per heavy atom. The van der Waals surface area contributed by atoms with E-state index in [9.17, 15) is 13.2 Å². The zero-order valence-electron chi connectivity index (χ0n) is 8.29. The predicted octanol–water partition coefficient (Wildman–Crippen LogP) is -0.377. The summed E-state index contributed by atoms with van der Waals surface area (Å²) in [7, 11) is -0.0644. The number of hydrogen-bond acceptors (Lipinski definition) is 3. The standard InChI is InChI=1S/C7H15ClN2O3S/c1-10(2)7(11)3-5-9-14(12,13)6-4-8/h9H,3-6H2,1-2H3. The summed E-state index contributed by atoms with van der Waals surface area (Å²) in [5.74, 6) is -0.180. The zero-order chi connectivity index (χ0) is 11.2. The monoisotopic (exact) mass is 242 g/mol. The Labute approximate surface area is 89.5 Å². The highest BCUT2D eigenvalue weighted by Crippen LogP contribution is 1.90. The van der Waals surface area contributed by atoms with Gasteiger partial charge in [-0.3, -0.25) is 4.79 Å². The van der Waals surface area contributed by atoms with E-state index in [1.54, 1.807) is 14.1 Å². The first-order chi connectivity index (χ1) is 6.39. The van der Waals surface area contributed by atoms with Crippen molar-refractivity contribution in [2.75, 3.05) is 32.3 Å². The van der Waals surface area contributed by atoms with E-state index in [0.29, 0.717) is 0 Å². The van der Waals surface area contributed by atoms with Gasteiger partial charge in [0.25, 0.3) is 0 Å². The molecule has 0 aromatic heterocycles. The number of alkyl halides is 1. The Morgan fingerprint density at radius 1 is 1.43 bits per heavy atom. The lowest BCUT2D eigenvalue weighted by Gasteiger charge is -2.10. The molecule has 7 heteroatoms. The van der Waals surface area contributed by atoms with Crippen LogP contribution in [0.3, 0.4) is 0 Å².